The number of rotatable bonds is 6. The van der Waals surface area contributed by atoms with Gasteiger partial charge >= 0.3 is 0 Å². The maximum absolute atomic E-state index is 12.4. The van der Waals surface area contributed by atoms with E-state index < -0.39 is 5.60 Å². The Bertz CT molecular complexity index is 487. The quantitative estimate of drug-likeness (QED) is 0.831. The van der Waals surface area contributed by atoms with Crippen LogP contribution in [-0.2, 0) is 9.53 Å². The summed E-state index contributed by atoms with van der Waals surface area (Å²) in [6.07, 6.45) is 1.30. The van der Waals surface area contributed by atoms with Crippen molar-refractivity contribution in [3.8, 4) is 5.75 Å². The minimum Gasteiger partial charge on any atom is -0.489 e. The molecule has 1 aliphatic heterocycles. The standard InChI is InChI=1S/C17H26N2O3.ClH/c1-13-4-6-15(7-5-13)22-14(2)12-19-16(20)17(21-3)8-10-18-11-9-17;/h4-7,14,18H,8-12H2,1-3H3,(H,19,20);1H. The van der Waals surface area contributed by atoms with Gasteiger partial charge in [0.05, 0.1) is 6.54 Å². The molecule has 1 unspecified atom stereocenters. The summed E-state index contributed by atoms with van der Waals surface area (Å²) >= 11 is 0. The summed E-state index contributed by atoms with van der Waals surface area (Å²) in [7, 11) is 1.61. The van der Waals surface area contributed by atoms with E-state index in [1.807, 2.05) is 38.1 Å². The number of benzene rings is 1. The molecule has 1 aromatic rings. The minimum atomic E-state index is -0.700. The van der Waals surface area contributed by atoms with Crippen molar-refractivity contribution in [3.63, 3.8) is 0 Å². The highest BCUT2D eigenvalue weighted by molar-refractivity contribution is 5.85. The van der Waals surface area contributed by atoms with Gasteiger partial charge in [0.1, 0.15) is 17.5 Å². The Kier molecular flexibility index (Phi) is 7.82. The van der Waals surface area contributed by atoms with Crippen LogP contribution < -0.4 is 15.4 Å². The summed E-state index contributed by atoms with van der Waals surface area (Å²) in [6.45, 7) is 6.05. The molecular weight excluding hydrogens is 316 g/mol. The summed E-state index contributed by atoms with van der Waals surface area (Å²) in [6, 6.07) is 7.90. The lowest BCUT2D eigenvalue weighted by molar-refractivity contribution is -0.147. The van der Waals surface area contributed by atoms with Gasteiger partial charge in [0.2, 0.25) is 0 Å². The summed E-state index contributed by atoms with van der Waals surface area (Å²) in [5.41, 5.74) is 0.496. The van der Waals surface area contributed by atoms with Crippen LogP contribution in [0.1, 0.15) is 25.3 Å². The van der Waals surface area contributed by atoms with E-state index >= 15 is 0 Å². The predicted molar refractivity (Wildman–Crippen MR) is 93.4 cm³/mol. The fourth-order valence-corrected chi connectivity index (χ4v) is 2.64. The number of amides is 1. The monoisotopic (exact) mass is 342 g/mol. The SMILES string of the molecule is COC1(C(=O)NCC(C)Oc2ccc(C)cc2)CCNCC1.Cl. The smallest absolute Gasteiger partial charge is 0.252 e. The molecule has 0 bridgehead atoms. The van der Waals surface area contributed by atoms with Crippen molar-refractivity contribution in [1.82, 2.24) is 10.6 Å². The number of piperidine rings is 1. The summed E-state index contributed by atoms with van der Waals surface area (Å²) < 4.78 is 11.3. The van der Waals surface area contributed by atoms with Gasteiger partial charge in [-0.2, -0.15) is 0 Å². The maximum Gasteiger partial charge on any atom is 0.252 e. The Balaban J connectivity index is 0.00000264. The average molecular weight is 343 g/mol. The van der Waals surface area contributed by atoms with Crippen LogP contribution in [0.4, 0.5) is 0 Å². The topological polar surface area (TPSA) is 59.6 Å². The van der Waals surface area contributed by atoms with Crippen LogP contribution in [0.15, 0.2) is 24.3 Å². The van der Waals surface area contributed by atoms with Crippen molar-refractivity contribution < 1.29 is 14.3 Å². The van der Waals surface area contributed by atoms with Gasteiger partial charge in [-0.25, -0.2) is 0 Å². The first-order valence-electron chi connectivity index (χ1n) is 7.83. The normalized spacial score (nSPS) is 17.7. The van der Waals surface area contributed by atoms with Gasteiger partial charge in [-0.15, -0.1) is 12.4 Å². The Morgan fingerprint density at radius 2 is 1.91 bits per heavy atom. The molecule has 1 aromatic carbocycles. The number of carbonyl (C=O) groups excluding carboxylic acids is 1. The Morgan fingerprint density at radius 1 is 1.30 bits per heavy atom. The van der Waals surface area contributed by atoms with Crippen LogP contribution in [0.5, 0.6) is 5.75 Å². The molecule has 1 fully saturated rings. The van der Waals surface area contributed by atoms with E-state index in [1.165, 1.54) is 5.56 Å². The maximum atomic E-state index is 12.4. The Labute approximate surface area is 144 Å². The van der Waals surface area contributed by atoms with E-state index in [0.717, 1.165) is 18.8 Å². The van der Waals surface area contributed by atoms with Gasteiger partial charge in [0, 0.05) is 7.11 Å². The van der Waals surface area contributed by atoms with Crippen molar-refractivity contribution in [2.24, 2.45) is 0 Å². The van der Waals surface area contributed by atoms with Gasteiger partial charge in [0.25, 0.3) is 5.91 Å². The lowest BCUT2D eigenvalue weighted by Gasteiger charge is -2.35. The number of nitrogens with one attached hydrogen (secondary N) is 2. The first-order valence-corrected chi connectivity index (χ1v) is 7.83. The number of hydrogen-bond acceptors (Lipinski definition) is 4. The Morgan fingerprint density at radius 3 is 2.48 bits per heavy atom. The third-order valence-electron chi connectivity index (χ3n) is 4.12. The van der Waals surface area contributed by atoms with Crippen LogP contribution in [0.3, 0.4) is 0 Å². The highest BCUT2D eigenvalue weighted by Gasteiger charge is 2.39. The molecule has 1 amide bonds. The van der Waals surface area contributed by atoms with Gasteiger partial charge in [-0.1, -0.05) is 17.7 Å². The molecule has 0 spiro atoms. The second-order valence-electron chi connectivity index (χ2n) is 5.90. The van der Waals surface area contributed by atoms with Crippen LogP contribution in [-0.4, -0.2) is 44.4 Å². The zero-order valence-corrected chi connectivity index (χ0v) is 14.9. The van der Waals surface area contributed by atoms with Gasteiger partial charge in [0.15, 0.2) is 0 Å². The highest BCUT2D eigenvalue weighted by Crippen LogP contribution is 2.22. The van der Waals surface area contributed by atoms with Crippen LogP contribution >= 0.6 is 12.4 Å². The van der Waals surface area contributed by atoms with E-state index in [-0.39, 0.29) is 24.4 Å². The molecule has 2 N–H and O–H groups in total. The van der Waals surface area contributed by atoms with E-state index in [2.05, 4.69) is 10.6 Å². The van der Waals surface area contributed by atoms with Crippen molar-refractivity contribution in [2.45, 2.75) is 38.4 Å². The second-order valence-corrected chi connectivity index (χ2v) is 5.90. The third kappa shape index (κ3) is 5.37. The van der Waals surface area contributed by atoms with Gasteiger partial charge in [-0.05, 0) is 51.9 Å². The average Bonchev–Trinajstić information content (AvgIpc) is 2.55. The fourth-order valence-electron chi connectivity index (χ4n) is 2.64. The van der Waals surface area contributed by atoms with Crippen molar-refractivity contribution in [3.05, 3.63) is 29.8 Å². The molecule has 130 valence electrons. The summed E-state index contributed by atoms with van der Waals surface area (Å²) in [5.74, 6) is 0.770. The Hall–Kier alpha value is -1.30. The molecule has 1 atom stereocenters. The molecular formula is C17H27ClN2O3. The lowest BCUT2D eigenvalue weighted by atomic mass is 9.91. The van der Waals surface area contributed by atoms with Crippen LogP contribution in [0.2, 0.25) is 0 Å². The molecule has 2 rings (SSSR count). The number of hydrogen-bond donors (Lipinski definition) is 2. The molecule has 0 aliphatic carbocycles. The highest BCUT2D eigenvalue weighted by atomic mass is 35.5. The summed E-state index contributed by atoms with van der Waals surface area (Å²) in [4.78, 5) is 12.4. The van der Waals surface area contributed by atoms with E-state index in [4.69, 9.17) is 9.47 Å². The zero-order valence-electron chi connectivity index (χ0n) is 14.1. The van der Waals surface area contributed by atoms with Crippen LogP contribution in [0.25, 0.3) is 0 Å². The molecule has 1 heterocycles. The number of aryl methyl sites for hydroxylation is 1. The largest absolute Gasteiger partial charge is 0.489 e. The molecule has 23 heavy (non-hydrogen) atoms. The third-order valence-corrected chi connectivity index (χ3v) is 4.12. The van der Waals surface area contributed by atoms with Crippen molar-refractivity contribution in [2.75, 3.05) is 26.7 Å². The first-order chi connectivity index (χ1) is 10.6. The minimum absolute atomic E-state index is 0. The van der Waals surface area contributed by atoms with E-state index in [9.17, 15) is 4.79 Å². The molecule has 1 saturated heterocycles. The van der Waals surface area contributed by atoms with Crippen LogP contribution in [0, 0.1) is 6.92 Å². The molecule has 0 radical (unpaired) electrons. The van der Waals surface area contributed by atoms with E-state index in [1.54, 1.807) is 7.11 Å². The molecule has 5 nitrogen and oxygen atoms in total. The van der Waals surface area contributed by atoms with Crippen molar-refractivity contribution >= 4 is 18.3 Å². The molecule has 0 saturated carbocycles. The number of halogens is 1. The van der Waals surface area contributed by atoms with E-state index in [0.29, 0.717) is 19.4 Å². The fraction of sp³-hybridized carbons (Fsp3) is 0.588. The number of methoxy groups -OCH3 is 1. The second kappa shape index (κ2) is 9.11. The number of ether oxygens (including phenoxy) is 2. The first kappa shape index (κ1) is 19.7. The lowest BCUT2D eigenvalue weighted by Crippen LogP contribution is -2.55. The number of carbonyl (C=O) groups is 1. The summed E-state index contributed by atoms with van der Waals surface area (Å²) in [5, 5.41) is 6.20. The zero-order chi connectivity index (χ0) is 16.0. The van der Waals surface area contributed by atoms with Crippen molar-refractivity contribution in [1.29, 1.82) is 0 Å². The molecule has 0 aromatic heterocycles. The molecule has 6 heteroatoms. The predicted octanol–water partition coefficient (Wildman–Crippen LogP) is 2.07. The van der Waals surface area contributed by atoms with Gasteiger partial charge < -0.3 is 20.1 Å². The molecule has 1 aliphatic rings. The van der Waals surface area contributed by atoms with Gasteiger partial charge in [-0.3, -0.25) is 4.79 Å².